The summed E-state index contributed by atoms with van der Waals surface area (Å²) >= 11 is 1.54. The normalized spacial score (nSPS) is 14.3. The molecule has 4 rings (SSSR count). The van der Waals surface area contributed by atoms with Crippen molar-refractivity contribution in [2.45, 2.75) is 25.7 Å². The Balaban J connectivity index is 1.86. The minimum Gasteiger partial charge on any atom is -0.305 e. The summed E-state index contributed by atoms with van der Waals surface area (Å²) in [5.74, 6) is -0.156. The number of hydrogen-bond donors (Lipinski definition) is 1. The van der Waals surface area contributed by atoms with Crippen LogP contribution in [0.15, 0.2) is 29.1 Å². The van der Waals surface area contributed by atoms with Crippen molar-refractivity contribution in [2.24, 2.45) is 0 Å². The van der Waals surface area contributed by atoms with Crippen LogP contribution in [-0.4, -0.2) is 9.97 Å². The van der Waals surface area contributed by atoms with Gasteiger partial charge in [-0.2, -0.15) is 5.26 Å². The lowest BCUT2D eigenvalue weighted by molar-refractivity contribution is 0.627. The summed E-state index contributed by atoms with van der Waals surface area (Å²) in [5.41, 5.74) is 1.65. The molecule has 4 nitrogen and oxygen atoms in total. The SMILES string of the molecule is N#C/C(=C\c1cccc(F)c1)c1nc2sc3c(c2c(=O)[nH]1)CCCC3. The molecule has 0 bridgehead atoms. The third-order valence-corrected chi connectivity index (χ3v) is 5.55. The number of rotatable bonds is 2. The van der Waals surface area contributed by atoms with Crippen LogP contribution < -0.4 is 5.56 Å². The molecule has 1 N–H and O–H groups in total. The Bertz CT molecular complexity index is 1100. The maximum atomic E-state index is 13.3. The van der Waals surface area contributed by atoms with E-state index in [1.54, 1.807) is 12.1 Å². The number of aromatic nitrogens is 2. The van der Waals surface area contributed by atoms with E-state index < -0.39 is 0 Å². The van der Waals surface area contributed by atoms with Crippen molar-refractivity contribution >= 4 is 33.2 Å². The molecule has 1 aliphatic carbocycles. The lowest BCUT2D eigenvalue weighted by atomic mass is 9.97. The average molecular weight is 351 g/mol. The summed E-state index contributed by atoms with van der Waals surface area (Å²) < 4.78 is 13.3. The summed E-state index contributed by atoms with van der Waals surface area (Å²) in [6, 6.07) is 7.99. The Hall–Kier alpha value is -2.78. The molecule has 0 atom stereocenters. The number of thiophene rings is 1. The predicted octanol–water partition coefficient (Wildman–Crippen LogP) is 4.07. The van der Waals surface area contributed by atoms with Gasteiger partial charge in [-0.1, -0.05) is 12.1 Å². The van der Waals surface area contributed by atoms with Crippen molar-refractivity contribution in [3.05, 3.63) is 62.3 Å². The fraction of sp³-hybridized carbons (Fsp3) is 0.211. The first-order chi connectivity index (χ1) is 12.2. The largest absolute Gasteiger partial charge is 0.305 e. The molecule has 0 fully saturated rings. The van der Waals surface area contributed by atoms with E-state index in [4.69, 9.17) is 0 Å². The second kappa shape index (κ2) is 6.26. The van der Waals surface area contributed by atoms with Crippen molar-refractivity contribution in [1.82, 2.24) is 9.97 Å². The highest BCUT2D eigenvalue weighted by atomic mass is 32.1. The Kier molecular flexibility index (Phi) is 3.94. The van der Waals surface area contributed by atoms with Gasteiger partial charge in [0, 0.05) is 4.88 Å². The van der Waals surface area contributed by atoms with Crippen LogP contribution in [0.3, 0.4) is 0 Å². The van der Waals surface area contributed by atoms with Crippen molar-refractivity contribution in [1.29, 1.82) is 5.26 Å². The lowest BCUT2D eigenvalue weighted by Crippen LogP contribution is -2.12. The molecule has 0 amide bonds. The highest BCUT2D eigenvalue weighted by Crippen LogP contribution is 2.33. The molecule has 2 aromatic heterocycles. The van der Waals surface area contributed by atoms with E-state index in [1.807, 2.05) is 0 Å². The molecular formula is C19H14FN3OS. The Labute approximate surface area is 147 Å². The highest BCUT2D eigenvalue weighted by Gasteiger charge is 2.20. The molecule has 0 saturated heterocycles. The molecule has 0 unspecified atom stereocenters. The second-order valence-electron chi connectivity index (χ2n) is 6.03. The number of hydrogen-bond acceptors (Lipinski definition) is 4. The minimum absolute atomic E-state index is 0.205. The number of aromatic amines is 1. The van der Waals surface area contributed by atoms with Gasteiger partial charge >= 0.3 is 0 Å². The van der Waals surface area contributed by atoms with E-state index in [0.717, 1.165) is 31.2 Å². The number of allylic oxidation sites excluding steroid dienone is 1. The number of halogens is 1. The Morgan fingerprint density at radius 1 is 1.36 bits per heavy atom. The van der Waals surface area contributed by atoms with E-state index in [9.17, 15) is 14.4 Å². The predicted molar refractivity (Wildman–Crippen MR) is 96.8 cm³/mol. The van der Waals surface area contributed by atoms with Gasteiger partial charge in [-0.05, 0) is 55.0 Å². The Morgan fingerprint density at radius 3 is 3.00 bits per heavy atom. The topological polar surface area (TPSA) is 69.5 Å². The fourth-order valence-corrected chi connectivity index (χ4v) is 4.47. The molecule has 25 heavy (non-hydrogen) atoms. The summed E-state index contributed by atoms with van der Waals surface area (Å²) in [6.45, 7) is 0. The molecule has 2 heterocycles. The molecule has 124 valence electrons. The first-order valence-corrected chi connectivity index (χ1v) is 8.89. The zero-order chi connectivity index (χ0) is 17.4. The first-order valence-electron chi connectivity index (χ1n) is 8.08. The van der Waals surface area contributed by atoms with Gasteiger partial charge in [0.15, 0.2) is 5.82 Å². The monoisotopic (exact) mass is 351 g/mol. The first kappa shape index (κ1) is 15.7. The van der Waals surface area contributed by atoms with E-state index >= 15 is 0 Å². The zero-order valence-corrected chi connectivity index (χ0v) is 14.1. The van der Waals surface area contributed by atoms with Crippen molar-refractivity contribution in [3.8, 4) is 6.07 Å². The summed E-state index contributed by atoms with van der Waals surface area (Å²) in [4.78, 5) is 21.7. The number of fused-ring (bicyclic) bond motifs is 3. The van der Waals surface area contributed by atoms with Gasteiger partial charge in [0.05, 0.1) is 11.0 Å². The Morgan fingerprint density at radius 2 is 2.20 bits per heavy atom. The molecule has 0 spiro atoms. The molecule has 1 aromatic carbocycles. The molecular weight excluding hydrogens is 337 g/mol. The third-order valence-electron chi connectivity index (χ3n) is 4.36. The van der Waals surface area contributed by atoms with E-state index in [-0.39, 0.29) is 22.8 Å². The van der Waals surface area contributed by atoms with Crippen LogP contribution in [0.25, 0.3) is 21.9 Å². The smallest absolute Gasteiger partial charge is 0.260 e. The number of H-pyrrole nitrogens is 1. The maximum Gasteiger partial charge on any atom is 0.260 e. The van der Waals surface area contributed by atoms with Gasteiger partial charge in [-0.15, -0.1) is 11.3 Å². The van der Waals surface area contributed by atoms with Gasteiger partial charge in [0.1, 0.15) is 16.7 Å². The molecule has 0 aliphatic heterocycles. The van der Waals surface area contributed by atoms with Gasteiger partial charge in [-0.25, -0.2) is 9.37 Å². The van der Waals surface area contributed by atoms with Gasteiger partial charge in [0.25, 0.3) is 5.56 Å². The number of nitrogens with zero attached hydrogens (tertiary/aromatic N) is 2. The average Bonchev–Trinajstić information content (AvgIpc) is 2.98. The van der Waals surface area contributed by atoms with E-state index in [0.29, 0.717) is 15.8 Å². The molecule has 6 heteroatoms. The van der Waals surface area contributed by atoms with Crippen LogP contribution in [0.1, 0.15) is 34.7 Å². The lowest BCUT2D eigenvalue weighted by Gasteiger charge is -2.09. The fourth-order valence-electron chi connectivity index (χ4n) is 3.21. The summed E-state index contributed by atoms with van der Waals surface area (Å²) in [5, 5.41) is 10.1. The van der Waals surface area contributed by atoms with Crippen LogP contribution in [-0.2, 0) is 12.8 Å². The summed E-state index contributed by atoms with van der Waals surface area (Å²) in [6.07, 6.45) is 5.64. The minimum atomic E-state index is -0.381. The maximum absolute atomic E-state index is 13.3. The van der Waals surface area contributed by atoms with Crippen LogP contribution in [0.5, 0.6) is 0 Å². The highest BCUT2D eigenvalue weighted by molar-refractivity contribution is 7.18. The standard InChI is InChI=1S/C19H14FN3OS/c20-13-5-3-4-11(9-13)8-12(10-21)17-22-18(24)16-14-6-1-2-7-15(14)25-19(16)23-17/h3-5,8-9H,1-2,6-7H2,(H,22,23,24)/b12-8+. The van der Waals surface area contributed by atoms with Crippen LogP contribution in [0.4, 0.5) is 4.39 Å². The molecule has 3 aromatic rings. The zero-order valence-electron chi connectivity index (χ0n) is 13.3. The molecule has 1 aliphatic rings. The number of nitriles is 1. The van der Waals surface area contributed by atoms with Crippen molar-refractivity contribution in [2.75, 3.05) is 0 Å². The van der Waals surface area contributed by atoms with Gasteiger partial charge < -0.3 is 4.98 Å². The van der Waals surface area contributed by atoms with Crippen LogP contribution in [0.2, 0.25) is 0 Å². The quantitative estimate of drug-likeness (QED) is 0.708. The summed E-state index contributed by atoms with van der Waals surface area (Å²) in [7, 11) is 0. The molecule has 0 saturated carbocycles. The van der Waals surface area contributed by atoms with Gasteiger partial charge in [0.2, 0.25) is 0 Å². The van der Waals surface area contributed by atoms with E-state index in [1.165, 1.54) is 34.4 Å². The number of benzene rings is 1. The van der Waals surface area contributed by atoms with Crippen LogP contribution in [0, 0.1) is 17.1 Å². The van der Waals surface area contributed by atoms with Crippen molar-refractivity contribution in [3.63, 3.8) is 0 Å². The second-order valence-corrected chi connectivity index (χ2v) is 7.11. The molecule has 0 radical (unpaired) electrons. The number of aryl methyl sites for hydroxylation is 2. The van der Waals surface area contributed by atoms with E-state index in [2.05, 4.69) is 16.0 Å². The number of nitrogens with one attached hydrogen (secondary N) is 1. The van der Waals surface area contributed by atoms with Gasteiger partial charge in [-0.3, -0.25) is 4.79 Å². The van der Waals surface area contributed by atoms with Crippen molar-refractivity contribution < 1.29 is 4.39 Å². The van der Waals surface area contributed by atoms with Crippen LogP contribution >= 0.6 is 11.3 Å². The third kappa shape index (κ3) is 2.87.